The molecule has 6 heteroatoms. The molecule has 0 saturated heterocycles. The summed E-state index contributed by atoms with van der Waals surface area (Å²) in [5, 5.41) is 21.6. The number of hydrogen-bond acceptors (Lipinski definition) is 3. The normalized spacial score (nSPS) is 31.0. The molecule has 72 valence electrons. The largest absolute Gasteiger partial charge is 0.506 e. The standard InChI is InChI=1S/C8H6NO4P/c10-5-4-1-3(2-9-8(11)12)6-7(5)14(4,6)13/h1,9-10H,2H2,(H,11,12). The number of nitrogens with one attached hydrogen (secondary N) is 1. The van der Waals surface area contributed by atoms with Gasteiger partial charge >= 0.3 is 6.09 Å². The number of carbonyl (C=O) groups is 1. The van der Waals surface area contributed by atoms with Crippen LogP contribution in [-0.2, 0) is 4.57 Å². The molecule has 1 atom stereocenters. The Labute approximate surface area is 78.8 Å². The van der Waals surface area contributed by atoms with Crippen molar-refractivity contribution in [3.63, 3.8) is 0 Å². The second-order valence-electron chi connectivity index (χ2n) is 3.37. The molecule has 5 nitrogen and oxygen atoms in total. The molecule has 3 aliphatic heterocycles. The van der Waals surface area contributed by atoms with Gasteiger partial charge in [-0.15, -0.1) is 0 Å². The molecule has 3 aliphatic rings. The molecule has 0 aromatic heterocycles. The molecule has 0 saturated carbocycles. The first-order chi connectivity index (χ1) is 6.56. The van der Waals surface area contributed by atoms with E-state index in [1.807, 2.05) is 0 Å². The molecule has 0 fully saturated rings. The second-order valence-corrected chi connectivity index (χ2v) is 5.96. The Morgan fingerprint density at radius 1 is 1.50 bits per heavy atom. The maximum absolute atomic E-state index is 11.8. The zero-order chi connectivity index (χ0) is 10.1. The van der Waals surface area contributed by atoms with Crippen LogP contribution in [0.4, 0.5) is 4.79 Å². The summed E-state index contributed by atoms with van der Waals surface area (Å²) in [5.74, 6) is 0.141. The number of amides is 1. The average Bonchev–Trinajstić information content (AvgIpc) is 2.59. The molecule has 0 aliphatic carbocycles. The fraction of sp³-hybridized carbons (Fsp3) is 0.125. The van der Waals surface area contributed by atoms with Crippen molar-refractivity contribution >= 4 is 13.2 Å². The number of aliphatic hydroxyl groups excluding tert-OH is 1. The average molecular weight is 211 g/mol. The summed E-state index contributed by atoms with van der Waals surface area (Å²) >= 11 is 0. The predicted molar refractivity (Wildman–Crippen MR) is 48.4 cm³/mol. The van der Waals surface area contributed by atoms with E-state index >= 15 is 0 Å². The lowest BCUT2D eigenvalue weighted by atomic mass is 10.1. The molecule has 1 amide bonds. The Morgan fingerprint density at radius 2 is 2.21 bits per heavy atom. The fourth-order valence-corrected chi connectivity index (χ4v) is 5.02. The Hall–Kier alpha value is -1.48. The molecule has 0 spiro atoms. The summed E-state index contributed by atoms with van der Waals surface area (Å²) in [6, 6.07) is 0. The van der Waals surface area contributed by atoms with E-state index in [0.717, 1.165) is 5.57 Å². The van der Waals surface area contributed by atoms with Crippen LogP contribution in [0, 0.1) is 0 Å². The molecular weight excluding hydrogens is 205 g/mol. The highest BCUT2D eigenvalue weighted by molar-refractivity contribution is 7.86. The lowest BCUT2D eigenvalue weighted by Gasteiger charge is -2.12. The molecule has 0 bridgehead atoms. The molecule has 3 rings (SSSR count). The summed E-state index contributed by atoms with van der Waals surface area (Å²) in [6.07, 6.45) is 0.514. The highest BCUT2D eigenvalue weighted by Gasteiger charge is 2.67. The van der Waals surface area contributed by atoms with Crippen molar-refractivity contribution in [1.29, 1.82) is 0 Å². The molecular formula is C8H6NO4P. The van der Waals surface area contributed by atoms with Crippen molar-refractivity contribution in [3.8, 4) is 0 Å². The Kier molecular flexibility index (Phi) is 1.10. The van der Waals surface area contributed by atoms with Gasteiger partial charge in [0.05, 0.1) is 10.6 Å². The number of allylic oxidation sites excluding steroid dienone is 3. The van der Waals surface area contributed by atoms with Crippen molar-refractivity contribution in [2.75, 3.05) is 6.54 Å². The molecule has 0 aromatic rings. The molecule has 14 heavy (non-hydrogen) atoms. The lowest BCUT2D eigenvalue weighted by molar-refractivity contribution is 0.195. The van der Waals surface area contributed by atoms with E-state index in [0.29, 0.717) is 15.9 Å². The summed E-state index contributed by atoms with van der Waals surface area (Å²) in [7, 11) is -2.41. The van der Waals surface area contributed by atoms with Gasteiger partial charge in [0.1, 0.15) is 5.76 Å². The van der Waals surface area contributed by atoms with Crippen LogP contribution >= 0.6 is 7.14 Å². The highest BCUT2D eigenvalue weighted by atomic mass is 31.2. The van der Waals surface area contributed by atoms with E-state index in [9.17, 15) is 14.5 Å². The van der Waals surface area contributed by atoms with E-state index in [2.05, 4.69) is 5.32 Å². The Balaban J connectivity index is 1.86. The monoisotopic (exact) mass is 211 g/mol. The lowest BCUT2D eigenvalue weighted by Crippen LogP contribution is -2.22. The van der Waals surface area contributed by atoms with Gasteiger partial charge in [0.2, 0.25) is 0 Å². The van der Waals surface area contributed by atoms with E-state index < -0.39 is 13.2 Å². The van der Waals surface area contributed by atoms with Crippen LogP contribution in [-0.4, -0.2) is 22.9 Å². The number of rotatable bonds is 2. The van der Waals surface area contributed by atoms with E-state index in [1.165, 1.54) is 0 Å². The SMILES string of the molecule is O=C(O)NCC1=CC2=C(O)C3=C1P23=O. The van der Waals surface area contributed by atoms with Crippen LogP contribution < -0.4 is 5.32 Å². The van der Waals surface area contributed by atoms with Crippen molar-refractivity contribution in [2.45, 2.75) is 0 Å². The number of hydrogen-bond donors (Lipinski definition) is 3. The van der Waals surface area contributed by atoms with Crippen LogP contribution in [0.15, 0.2) is 33.4 Å². The number of carboxylic acid groups (broad SMARTS) is 1. The smallest absolute Gasteiger partial charge is 0.404 e. The van der Waals surface area contributed by atoms with E-state index in [4.69, 9.17) is 5.11 Å². The van der Waals surface area contributed by atoms with Crippen LogP contribution in [0.25, 0.3) is 0 Å². The minimum atomic E-state index is -2.41. The van der Waals surface area contributed by atoms with Gasteiger partial charge in [0, 0.05) is 11.9 Å². The third kappa shape index (κ3) is 0.610. The van der Waals surface area contributed by atoms with Gasteiger partial charge in [-0.05, 0) is 11.6 Å². The van der Waals surface area contributed by atoms with Crippen molar-refractivity contribution in [3.05, 3.63) is 33.4 Å². The van der Waals surface area contributed by atoms with Gasteiger partial charge in [0.25, 0.3) is 0 Å². The third-order valence-electron chi connectivity index (χ3n) is 2.66. The van der Waals surface area contributed by atoms with E-state index in [-0.39, 0.29) is 12.3 Å². The van der Waals surface area contributed by atoms with Crippen LogP contribution in [0.3, 0.4) is 0 Å². The summed E-state index contributed by atoms with van der Waals surface area (Å²) in [5.41, 5.74) is 0.735. The molecule has 0 radical (unpaired) electrons. The fourth-order valence-electron chi connectivity index (χ4n) is 2.00. The quantitative estimate of drug-likeness (QED) is 0.605. The first-order valence-corrected chi connectivity index (χ1v) is 5.75. The first-order valence-electron chi connectivity index (χ1n) is 4.04. The van der Waals surface area contributed by atoms with Crippen molar-refractivity contribution < 1.29 is 19.6 Å². The molecule has 3 heterocycles. The van der Waals surface area contributed by atoms with Crippen LogP contribution in [0.1, 0.15) is 0 Å². The summed E-state index contributed by atoms with van der Waals surface area (Å²) in [4.78, 5) is 10.2. The molecule has 1 unspecified atom stereocenters. The zero-order valence-corrected chi connectivity index (χ0v) is 7.84. The maximum Gasteiger partial charge on any atom is 0.404 e. The topological polar surface area (TPSA) is 86.6 Å². The summed E-state index contributed by atoms with van der Waals surface area (Å²) in [6.45, 7) is 0.162. The third-order valence-corrected chi connectivity index (χ3v) is 5.66. The Morgan fingerprint density at radius 3 is 2.64 bits per heavy atom. The van der Waals surface area contributed by atoms with Gasteiger partial charge in [-0.3, -0.25) is 0 Å². The van der Waals surface area contributed by atoms with Crippen molar-refractivity contribution in [1.82, 2.24) is 5.32 Å². The second kappa shape index (κ2) is 1.96. The maximum atomic E-state index is 11.8. The van der Waals surface area contributed by atoms with Crippen LogP contribution in [0.5, 0.6) is 0 Å². The predicted octanol–water partition coefficient (Wildman–Crippen LogP) is 1.57. The molecule has 0 aromatic carbocycles. The number of aliphatic hydroxyl groups is 1. The van der Waals surface area contributed by atoms with Crippen molar-refractivity contribution in [2.24, 2.45) is 0 Å². The Bertz CT molecular complexity index is 525. The van der Waals surface area contributed by atoms with E-state index in [1.54, 1.807) is 6.08 Å². The minimum absolute atomic E-state index is 0.141. The minimum Gasteiger partial charge on any atom is -0.506 e. The summed E-state index contributed by atoms with van der Waals surface area (Å²) < 4.78 is 11.8. The molecule has 3 N–H and O–H groups in total. The zero-order valence-electron chi connectivity index (χ0n) is 6.94. The van der Waals surface area contributed by atoms with Gasteiger partial charge in [-0.25, -0.2) is 4.79 Å². The highest BCUT2D eigenvalue weighted by Crippen LogP contribution is 2.95. The van der Waals surface area contributed by atoms with Crippen LogP contribution in [0.2, 0.25) is 0 Å². The van der Waals surface area contributed by atoms with Gasteiger partial charge in [-0.1, -0.05) is 0 Å². The van der Waals surface area contributed by atoms with Gasteiger partial charge in [-0.2, -0.15) is 0 Å². The first kappa shape index (κ1) is 7.88. The van der Waals surface area contributed by atoms with Gasteiger partial charge in [0.15, 0.2) is 7.14 Å². The van der Waals surface area contributed by atoms with Gasteiger partial charge < -0.3 is 20.1 Å².